The molecular weight excluding hydrogens is 539 g/mol. The molecule has 4 rings (SSSR count). The maximum absolute atomic E-state index is 8.43. The van der Waals surface area contributed by atoms with Crippen molar-refractivity contribution in [1.82, 2.24) is 15.1 Å². The molecule has 2 heterocycles. The molecule has 39 heavy (non-hydrogen) atoms. The highest BCUT2D eigenvalue weighted by atomic mass is 35.5. The van der Waals surface area contributed by atoms with Crippen LogP contribution in [0.2, 0.25) is 10.0 Å². The van der Waals surface area contributed by atoms with Gasteiger partial charge < -0.3 is 31.8 Å². The van der Waals surface area contributed by atoms with Gasteiger partial charge in [-0.15, -0.1) is 0 Å². The smallest absolute Gasteiger partial charge is 0.258 e. The fraction of sp³-hybridized carbons (Fsp3) is 0.259. The number of aryl methyl sites for hydroxylation is 3. The van der Waals surface area contributed by atoms with E-state index in [2.05, 4.69) is 39.0 Å². The molecule has 0 unspecified atom stereocenters. The SMILES string of the molecule is CCN(CC)c1cc(-c2nc(-c3cc(C)c(N)c(Cl)c3)no2)cc(C)n1.Cc1cc(C(N)=NO)cc(Cl)c1N. The Balaban J connectivity index is 0.000000272. The molecule has 0 bridgehead atoms. The van der Waals surface area contributed by atoms with Gasteiger partial charge in [0, 0.05) is 35.5 Å². The fourth-order valence-electron chi connectivity index (χ4n) is 3.79. The van der Waals surface area contributed by atoms with Gasteiger partial charge in [0.05, 0.1) is 21.4 Å². The van der Waals surface area contributed by atoms with Gasteiger partial charge in [0.25, 0.3) is 5.89 Å². The number of rotatable bonds is 6. The molecule has 0 aliphatic heterocycles. The van der Waals surface area contributed by atoms with Crippen molar-refractivity contribution in [2.75, 3.05) is 29.5 Å². The maximum Gasteiger partial charge on any atom is 0.258 e. The second-order valence-corrected chi connectivity index (χ2v) is 9.63. The number of amidine groups is 1. The molecule has 0 atom stereocenters. The lowest BCUT2D eigenvalue weighted by molar-refractivity contribution is 0.318. The number of halogens is 2. The first-order valence-electron chi connectivity index (χ1n) is 12.2. The van der Waals surface area contributed by atoms with Crippen LogP contribution in [-0.4, -0.2) is 39.3 Å². The van der Waals surface area contributed by atoms with Crippen LogP contribution in [0, 0.1) is 20.8 Å². The van der Waals surface area contributed by atoms with Gasteiger partial charge in [-0.05, 0) is 82.1 Å². The van der Waals surface area contributed by atoms with Crippen molar-refractivity contribution in [2.45, 2.75) is 34.6 Å². The summed E-state index contributed by atoms with van der Waals surface area (Å²) in [5, 5.41) is 16.3. The summed E-state index contributed by atoms with van der Waals surface area (Å²) in [6.45, 7) is 11.6. The summed E-state index contributed by atoms with van der Waals surface area (Å²) in [5.41, 5.74) is 22.7. The Bertz CT molecular complexity index is 1450. The number of nitrogen functional groups attached to an aromatic ring is 2. The van der Waals surface area contributed by atoms with Crippen LogP contribution < -0.4 is 22.1 Å². The van der Waals surface area contributed by atoms with Crippen LogP contribution in [0.3, 0.4) is 0 Å². The van der Waals surface area contributed by atoms with E-state index in [4.69, 9.17) is 50.1 Å². The summed E-state index contributed by atoms with van der Waals surface area (Å²) in [5.74, 6) is 1.84. The number of hydrogen-bond donors (Lipinski definition) is 4. The summed E-state index contributed by atoms with van der Waals surface area (Å²) in [6.07, 6.45) is 0. The Kier molecular flexibility index (Phi) is 9.61. The van der Waals surface area contributed by atoms with E-state index in [9.17, 15) is 0 Å². The zero-order chi connectivity index (χ0) is 28.9. The molecule has 0 saturated carbocycles. The number of hydrogen-bond acceptors (Lipinski definition) is 9. The van der Waals surface area contributed by atoms with Crippen LogP contribution in [0.5, 0.6) is 0 Å². The molecule has 0 aliphatic carbocycles. The third-order valence-corrected chi connectivity index (χ3v) is 6.66. The molecule has 2 aromatic carbocycles. The van der Waals surface area contributed by atoms with E-state index in [0.717, 1.165) is 46.9 Å². The van der Waals surface area contributed by atoms with Crippen molar-refractivity contribution in [3.8, 4) is 22.8 Å². The minimum atomic E-state index is 0.0185. The molecular formula is C27H32Cl2N8O2. The number of anilines is 3. The van der Waals surface area contributed by atoms with E-state index in [1.165, 1.54) is 0 Å². The monoisotopic (exact) mass is 570 g/mol. The molecule has 12 heteroatoms. The molecule has 0 aliphatic rings. The average molecular weight is 572 g/mol. The predicted octanol–water partition coefficient (Wildman–Crippen LogP) is 5.82. The molecule has 0 radical (unpaired) electrons. The summed E-state index contributed by atoms with van der Waals surface area (Å²) in [4.78, 5) is 11.3. The summed E-state index contributed by atoms with van der Waals surface area (Å²) in [7, 11) is 0. The van der Waals surface area contributed by atoms with E-state index < -0.39 is 0 Å². The van der Waals surface area contributed by atoms with Gasteiger partial charge in [0.2, 0.25) is 5.82 Å². The van der Waals surface area contributed by atoms with E-state index in [-0.39, 0.29) is 5.84 Å². The van der Waals surface area contributed by atoms with E-state index >= 15 is 0 Å². The van der Waals surface area contributed by atoms with Crippen LogP contribution >= 0.6 is 23.2 Å². The van der Waals surface area contributed by atoms with Crippen molar-refractivity contribution < 1.29 is 9.73 Å². The van der Waals surface area contributed by atoms with Crippen LogP contribution in [0.4, 0.5) is 17.2 Å². The number of nitrogens with two attached hydrogens (primary N) is 3. The number of oxime groups is 1. The van der Waals surface area contributed by atoms with Gasteiger partial charge in [-0.3, -0.25) is 0 Å². The minimum absolute atomic E-state index is 0.0185. The van der Waals surface area contributed by atoms with Crippen molar-refractivity contribution >= 4 is 46.2 Å². The molecule has 10 nitrogen and oxygen atoms in total. The van der Waals surface area contributed by atoms with E-state index in [1.807, 2.05) is 32.0 Å². The highest BCUT2D eigenvalue weighted by Crippen LogP contribution is 2.31. The molecule has 4 aromatic rings. The zero-order valence-corrected chi connectivity index (χ0v) is 24.0. The largest absolute Gasteiger partial charge is 0.409 e. The molecule has 2 aromatic heterocycles. The second-order valence-electron chi connectivity index (χ2n) is 8.81. The Labute approximate surface area is 237 Å². The van der Waals surface area contributed by atoms with E-state index in [1.54, 1.807) is 25.1 Å². The van der Waals surface area contributed by atoms with Gasteiger partial charge in [-0.25, -0.2) is 4.98 Å². The Morgan fingerprint density at radius 3 is 2.08 bits per heavy atom. The number of benzene rings is 2. The van der Waals surface area contributed by atoms with Crippen LogP contribution in [0.15, 0.2) is 46.1 Å². The fourth-order valence-corrected chi connectivity index (χ4v) is 4.32. The van der Waals surface area contributed by atoms with Gasteiger partial charge >= 0.3 is 0 Å². The molecule has 7 N–H and O–H groups in total. The molecule has 0 spiro atoms. The number of nitrogens with zero attached hydrogens (tertiary/aromatic N) is 5. The first-order chi connectivity index (χ1) is 18.5. The lowest BCUT2D eigenvalue weighted by Crippen LogP contribution is -2.23. The second kappa shape index (κ2) is 12.7. The average Bonchev–Trinajstić information content (AvgIpc) is 3.41. The third-order valence-electron chi connectivity index (χ3n) is 6.03. The van der Waals surface area contributed by atoms with Crippen molar-refractivity contribution in [3.63, 3.8) is 0 Å². The first kappa shape index (κ1) is 29.5. The minimum Gasteiger partial charge on any atom is -0.409 e. The Morgan fingerprint density at radius 1 is 0.897 bits per heavy atom. The lowest BCUT2D eigenvalue weighted by Gasteiger charge is -2.20. The highest BCUT2D eigenvalue weighted by Gasteiger charge is 2.15. The highest BCUT2D eigenvalue weighted by molar-refractivity contribution is 6.34. The Hall–Kier alpha value is -4.02. The first-order valence-corrected chi connectivity index (χ1v) is 12.9. The summed E-state index contributed by atoms with van der Waals surface area (Å²) >= 11 is 12.0. The van der Waals surface area contributed by atoms with Crippen LogP contribution in [0.1, 0.15) is 36.2 Å². The zero-order valence-electron chi connectivity index (χ0n) is 22.5. The Morgan fingerprint density at radius 2 is 1.51 bits per heavy atom. The number of pyridine rings is 1. The maximum atomic E-state index is 8.43. The topological polar surface area (TPSA) is 166 Å². The molecule has 206 valence electrons. The van der Waals surface area contributed by atoms with E-state index in [0.29, 0.717) is 38.7 Å². The normalized spacial score (nSPS) is 11.2. The predicted molar refractivity (Wildman–Crippen MR) is 159 cm³/mol. The standard InChI is InChI=1S/C19H22ClN5O.C8H10ClN3O/c1-5-25(6-2)16-10-14(8-12(4)22-16)19-23-18(24-26-19)13-7-11(3)17(21)15(20)9-13;1-4-2-5(8(11)12-13)3-6(9)7(4)10/h7-10H,5-6,21H2,1-4H3;2-3,13H,10H2,1H3,(H2,11,12). The molecule has 0 amide bonds. The lowest BCUT2D eigenvalue weighted by atomic mass is 10.1. The van der Waals surface area contributed by atoms with Crippen molar-refractivity contribution in [3.05, 3.63) is 68.8 Å². The number of aromatic nitrogens is 3. The van der Waals surface area contributed by atoms with Gasteiger partial charge in [0.1, 0.15) is 5.82 Å². The van der Waals surface area contributed by atoms with Crippen LogP contribution in [-0.2, 0) is 0 Å². The van der Waals surface area contributed by atoms with Crippen molar-refractivity contribution in [2.24, 2.45) is 10.9 Å². The van der Waals surface area contributed by atoms with Gasteiger partial charge in [-0.1, -0.05) is 33.5 Å². The third kappa shape index (κ3) is 6.90. The van der Waals surface area contributed by atoms with Crippen LogP contribution in [0.25, 0.3) is 22.8 Å². The summed E-state index contributed by atoms with van der Waals surface area (Å²) in [6, 6.07) is 10.8. The van der Waals surface area contributed by atoms with Crippen molar-refractivity contribution in [1.29, 1.82) is 0 Å². The van der Waals surface area contributed by atoms with Gasteiger partial charge in [0.15, 0.2) is 5.84 Å². The van der Waals surface area contributed by atoms with Gasteiger partial charge in [-0.2, -0.15) is 4.98 Å². The molecule has 0 saturated heterocycles. The molecule has 0 fully saturated rings. The quantitative estimate of drug-likeness (QED) is 0.0733. The summed E-state index contributed by atoms with van der Waals surface area (Å²) < 4.78 is 5.49.